The molecule has 0 bridgehead atoms. The molecule has 0 saturated heterocycles. The van der Waals surface area contributed by atoms with Crippen LogP contribution in [-0.4, -0.2) is 26.8 Å². The Labute approximate surface area is 177 Å². The van der Waals surface area contributed by atoms with Crippen molar-refractivity contribution in [2.45, 2.75) is 38.6 Å². The Morgan fingerprint density at radius 2 is 1.93 bits per heavy atom. The Kier molecular flexibility index (Phi) is 7.78. The second kappa shape index (κ2) is 10.7. The van der Waals surface area contributed by atoms with Crippen molar-refractivity contribution in [3.63, 3.8) is 0 Å². The number of para-hydroxylation sites is 1. The molecular weight excluding hydrogens is 386 g/mol. The lowest BCUT2D eigenvalue weighted by Crippen LogP contribution is -3.00. The molecule has 1 aliphatic rings. The van der Waals surface area contributed by atoms with Crippen LogP contribution in [0.1, 0.15) is 37.7 Å². The van der Waals surface area contributed by atoms with E-state index in [1.165, 1.54) is 31.2 Å². The predicted molar refractivity (Wildman–Crippen MR) is 109 cm³/mol. The zero-order chi connectivity index (χ0) is 19.0. The van der Waals surface area contributed by atoms with Gasteiger partial charge < -0.3 is 22.5 Å². The summed E-state index contributed by atoms with van der Waals surface area (Å²) in [4.78, 5) is 0. The first-order valence-electron chi connectivity index (χ1n) is 9.88. The van der Waals surface area contributed by atoms with Gasteiger partial charge in [-0.15, -0.1) is 0 Å². The lowest BCUT2D eigenvalue weighted by molar-refractivity contribution is -0.00000651. The largest absolute Gasteiger partial charge is 1.00 e. The van der Waals surface area contributed by atoms with Crippen molar-refractivity contribution in [1.82, 2.24) is 25.5 Å². The summed E-state index contributed by atoms with van der Waals surface area (Å²) in [6, 6.07) is 18.1. The van der Waals surface area contributed by atoms with Crippen LogP contribution in [0.2, 0.25) is 0 Å². The van der Waals surface area contributed by atoms with Crippen LogP contribution >= 0.6 is 0 Å². The second-order valence-corrected chi connectivity index (χ2v) is 6.99. The van der Waals surface area contributed by atoms with Gasteiger partial charge in [0.25, 0.3) is 0 Å². The summed E-state index contributed by atoms with van der Waals surface area (Å²) in [5.41, 5.74) is 3.63. The predicted octanol–water partition coefficient (Wildman–Crippen LogP) is 1.44. The summed E-state index contributed by atoms with van der Waals surface area (Å²) >= 11 is 0. The van der Waals surface area contributed by atoms with Gasteiger partial charge in [-0.2, -0.15) is 4.68 Å². The van der Waals surface area contributed by atoms with E-state index in [4.69, 9.17) is 4.74 Å². The number of benzene rings is 2. The fourth-order valence-corrected chi connectivity index (χ4v) is 3.41. The standard InChI is InChI=1S/C22H25N5O.ClH/c1-3-8-18(9-4-1)14-15-23-17-19-10-7-13-21(16-19)28-22-24-25-26-27(22)20-11-5-2-6-12-20;/h2,5-8,10-13,16,23H,1,3-4,9,14-15,17H2;1H/p-1. The van der Waals surface area contributed by atoms with Gasteiger partial charge >= 0.3 is 6.01 Å². The van der Waals surface area contributed by atoms with Crippen LogP contribution in [0.3, 0.4) is 0 Å². The van der Waals surface area contributed by atoms with Crippen molar-refractivity contribution < 1.29 is 17.1 Å². The molecule has 1 aromatic heterocycles. The summed E-state index contributed by atoms with van der Waals surface area (Å²) in [5, 5.41) is 15.3. The van der Waals surface area contributed by atoms with E-state index in [1.54, 1.807) is 10.3 Å². The summed E-state index contributed by atoms with van der Waals surface area (Å²) in [5.74, 6) is 0.723. The maximum absolute atomic E-state index is 5.94. The monoisotopic (exact) mass is 410 g/mol. The Bertz CT molecular complexity index is 926. The molecule has 29 heavy (non-hydrogen) atoms. The van der Waals surface area contributed by atoms with Crippen LogP contribution in [0.5, 0.6) is 11.8 Å². The highest BCUT2D eigenvalue weighted by Crippen LogP contribution is 2.22. The molecule has 2 aromatic carbocycles. The number of allylic oxidation sites excluding steroid dienone is 1. The molecule has 4 rings (SSSR count). The number of nitrogens with one attached hydrogen (secondary N) is 1. The quantitative estimate of drug-likeness (QED) is 0.449. The van der Waals surface area contributed by atoms with Crippen LogP contribution in [-0.2, 0) is 6.54 Å². The molecule has 0 unspecified atom stereocenters. The molecule has 1 N–H and O–H groups in total. The van der Waals surface area contributed by atoms with Crippen molar-refractivity contribution in [3.05, 3.63) is 71.8 Å². The van der Waals surface area contributed by atoms with Crippen molar-refractivity contribution in [2.24, 2.45) is 0 Å². The molecule has 0 spiro atoms. The maximum atomic E-state index is 5.94. The second-order valence-electron chi connectivity index (χ2n) is 6.99. The highest BCUT2D eigenvalue weighted by molar-refractivity contribution is 5.34. The first-order valence-corrected chi connectivity index (χ1v) is 9.88. The van der Waals surface area contributed by atoms with Gasteiger partial charge in [-0.3, -0.25) is 0 Å². The normalized spacial score (nSPS) is 13.4. The first kappa shape index (κ1) is 21.0. The van der Waals surface area contributed by atoms with Crippen LogP contribution < -0.4 is 22.5 Å². The SMILES string of the molecule is C1=C(CCNCc2cccc(Oc3nnnn3-c3ccccc3)c2)CCCC1.[Cl-]. The van der Waals surface area contributed by atoms with Crippen LogP contribution in [0.4, 0.5) is 0 Å². The van der Waals surface area contributed by atoms with Gasteiger partial charge in [0.15, 0.2) is 0 Å². The first-order chi connectivity index (χ1) is 13.9. The minimum atomic E-state index is 0. The van der Waals surface area contributed by atoms with Crippen molar-refractivity contribution in [2.75, 3.05) is 6.54 Å². The molecule has 0 radical (unpaired) electrons. The Hall–Kier alpha value is -2.70. The molecule has 3 aromatic rings. The van der Waals surface area contributed by atoms with E-state index in [-0.39, 0.29) is 12.4 Å². The van der Waals surface area contributed by atoms with Crippen LogP contribution in [0.25, 0.3) is 5.69 Å². The molecule has 0 atom stereocenters. The Morgan fingerprint density at radius 1 is 1.03 bits per heavy atom. The number of tetrazole rings is 1. The van der Waals surface area contributed by atoms with Gasteiger partial charge in [0.05, 0.1) is 5.69 Å². The van der Waals surface area contributed by atoms with E-state index in [1.807, 2.05) is 48.5 Å². The zero-order valence-corrected chi connectivity index (χ0v) is 17.1. The smallest absolute Gasteiger partial charge is 0.345 e. The number of rotatable bonds is 8. The number of hydrogen-bond acceptors (Lipinski definition) is 5. The lowest BCUT2D eigenvalue weighted by Gasteiger charge is -2.13. The maximum Gasteiger partial charge on any atom is 0.345 e. The molecule has 152 valence electrons. The Balaban J connectivity index is 0.00000240. The molecule has 0 fully saturated rings. The van der Waals surface area contributed by atoms with Crippen molar-refractivity contribution in [1.29, 1.82) is 0 Å². The molecule has 7 heteroatoms. The third-order valence-electron chi connectivity index (χ3n) is 4.89. The number of ether oxygens (including phenoxy) is 1. The average Bonchev–Trinajstić information content (AvgIpc) is 3.21. The van der Waals surface area contributed by atoms with E-state index in [9.17, 15) is 0 Å². The molecule has 1 heterocycles. The average molecular weight is 411 g/mol. The minimum Gasteiger partial charge on any atom is -1.00 e. The van der Waals surface area contributed by atoms with E-state index in [2.05, 4.69) is 33.0 Å². The topological polar surface area (TPSA) is 64.9 Å². The molecule has 6 nitrogen and oxygen atoms in total. The summed E-state index contributed by atoms with van der Waals surface area (Å²) in [6.07, 6.45) is 8.75. The molecule has 0 amide bonds. The van der Waals surface area contributed by atoms with Gasteiger partial charge in [0, 0.05) is 6.54 Å². The van der Waals surface area contributed by atoms with Crippen LogP contribution in [0, 0.1) is 0 Å². The van der Waals surface area contributed by atoms with Gasteiger partial charge in [-0.1, -0.05) is 47.1 Å². The third kappa shape index (κ3) is 5.89. The van der Waals surface area contributed by atoms with Gasteiger partial charge in [0.1, 0.15) is 5.75 Å². The van der Waals surface area contributed by atoms with Gasteiger partial charge in [-0.05, 0) is 78.9 Å². The number of nitrogens with zero attached hydrogens (tertiary/aromatic N) is 4. The fraction of sp³-hybridized carbons (Fsp3) is 0.318. The third-order valence-corrected chi connectivity index (χ3v) is 4.89. The summed E-state index contributed by atoms with van der Waals surface area (Å²) in [7, 11) is 0. The van der Waals surface area contributed by atoms with E-state index >= 15 is 0 Å². The number of hydrogen-bond donors (Lipinski definition) is 1. The summed E-state index contributed by atoms with van der Waals surface area (Å²) < 4.78 is 7.52. The minimum absolute atomic E-state index is 0. The van der Waals surface area contributed by atoms with Crippen molar-refractivity contribution in [3.8, 4) is 17.4 Å². The van der Waals surface area contributed by atoms with Crippen LogP contribution in [0.15, 0.2) is 66.2 Å². The molecule has 0 aliphatic heterocycles. The van der Waals surface area contributed by atoms with Gasteiger partial charge in [0.2, 0.25) is 0 Å². The van der Waals surface area contributed by atoms with Crippen molar-refractivity contribution >= 4 is 0 Å². The van der Waals surface area contributed by atoms with Gasteiger partial charge in [-0.25, -0.2) is 0 Å². The lowest BCUT2D eigenvalue weighted by atomic mass is 9.97. The number of halogens is 1. The molecule has 0 saturated carbocycles. The fourth-order valence-electron chi connectivity index (χ4n) is 3.41. The highest BCUT2D eigenvalue weighted by Gasteiger charge is 2.10. The number of aromatic nitrogens is 4. The van der Waals surface area contributed by atoms with E-state index < -0.39 is 0 Å². The molecule has 1 aliphatic carbocycles. The van der Waals surface area contributed by atoms with E-state index in [0.29, 0.717) is 6.01 Å². The Morgan fingerprint density at radius 3 is 2.76 bits per heavy atom. The summed E-state index contributed by atoms with van der Waals surface area (Å²) in [6.45, 7) is 1.82. The zero-order valence-electron chi connectivity index (χ0n) is 16.3. The highest BCUT2D eigenvalue weighted by atomic mass is 35.5. The molecular formula is C22H25ClN5O-. The van der Waals surface area contributed by atoms with E-state index in [0.717, 1.165) is 30.9 Å².